The minimum absolute atomic E-state index is 0.166. The smallest absolute Gasteiger partial charge is 0.331 e. The summed E-state index contributed by atoms with van der Waals surface area (Å²) in [6.45, 7) is 2.98. The molecule has 55 heavy (non-hydrogen) atoms. The maximum atomic E-state index is 13.9. The topological polar surface area (TPSA) is 161 Å². The third-order valence-electron chi connectivity index (χ3n) is 9.82. The van der Waals surface area contributed by atoms with Gasteiger partial charge in [-0.2, -0.15) is 10.5 Å². The molecule has 274 valence electrons. The van der Waals surface area contributed by atoms with E-state index < -0.39 is 6.03 Å². The van der Waals surface area contributed by atoms with Crippen LogP contribution in [0.4, 0.5) is 21.9 Å². The standard InChI is InChI=1S/C42H35N7O5S/c1-25-18-32(54-31-9-4-6-27(20-31)24-53-35-10-3-2-7-28(35)21-43)13-14-33(25)49-34-15-16-45-40-36(34)37(47-42(49)52)38(55-40)39(50)46-30-8-5-17-48(23-30)41(51)29(22-44)19-26-11-12-26/h2-4,6-7,9-10,13-16,18-20,26,30H,5,8,11-12,17,23-24H2,1H3,(H,46,50)(H,47,52). The number of hydrogen-bond donors (Lipinski definition) is 2. The van der Waals surface area contributed by atoms with Crippen molar-refractivity contribution in [3.05, 3.63) is 112 Å². The molecule has 1 unspecified atom stereocenters. The van der Waals surface area contributed by atoms with E-state index in [0.29, 0.717) is 86.8 Å². The SMILES string of the molecule is Cc1cc(Oc2cccc(COc3ccccc3C#N)c2)ccc1N1C(=O)Nc2c(C(=O)NC3CCCN(C(=O)C(C#N)=CC4CC4)C3)sc3nccc1c23. The minimum Gasteiger partial charge on any atom is -0.488 e. The zero-order valence-corrected chi connectivity index (χ0v) is 30.7. The Hall–Kier alpha value is -6.70. The van der Waals surface area contributed by atoms with E-state index in [-0.39, 0.29) is 30.0 Å². The number of rotatable bonds is 10. The van der Waals surface area contributed by atoms with E-state index >= 15 is 0 Å². The third-order valence-corrected chi connectivity index (χ3v) is 10.9. The number of piperidine rings is 1. The number of allylic oxidation sites excluding steroid dienone is 1. The summed E-state index contributed by atoms with van der Waals surface area (Å²) in [6, 6.07) is 25.3. The molecule has 3 aliphatic rings. The van der Waals surface area contributed by atoms with Crippen molar-refractivity contribution >= 4 is 56.5 Å². The number of amides is 4. The van der Waals surface area contributed by atoms with Gasteiger partial charge in [-0.1, -0.05) is 30.3 Å². The van der Waals surface area contributed by atoms with E-state index in [1.165, 1.54) is 11.3 Å². The van der Waals surface area contributed by atoms with Crippen LogP contribution in [0.15, 0.2) is 90.6 Å². The molecule has 12 nitrogen and oxygen atoms in total. The van der Waals surface area contributed by atoms with Gasteiger partial charge in [0.1, 0.15) is 51.3 Å². The molecule has 1 atom stereocenters. The van der Waals surface area contributed by atoms with Gasteiger partial charge in [0.15, 0.2) is 0 Å². The fraction of sp³-hybridized carbons (Fsp3) is 0.238. The lowest BCUT2D eigenvalue weighted by molar-refractivity contribution is -0.128. The maximum Gasteiger partial charge on any atom is 0.331 e. The number of hydrogen-bond acceptors (Lipinski definition) is 9. The molecule has 1 aliphatic carbocycles. The van der Waals surface area contributed by atoms with Gasteiger partial charge in [-0.25, -0.2) is 9.78 Å². The van der Waals surface area contributed by atoms with Gasteiger partial charge >= 0.3 is 6.03 Å². The van der Waals surface area contributed by atoms with Gasteiger partial charge in [0.2, 0.25) is 0 Å². The van der Waals surface area contributed by atoms with Crippen LogP contribution in [0.2, 0.25) is 0 Å². The Morgan fingerprint density at radius 1 is 1.04 bits per heavy atom. The van der Waals surface area contributed by atoms with Crippen LogP contribution in [0, 0.1) is 35.5 Å². The Kier molecular flexibility index (Phi) is 9.62. The molecule has 2 aliphatic heterocycles. The Balaban J connectivity index is 0.977. The van der Waals surface area contributed by atoms with E-state index in [0.717, 1.165) is 24.0 Å². The summed E-state index contributed by atoms with van der Waals surface area (Å²) in [5, 5.41) is 25.6. The highest BCUT2D eigenvalue weighted by atomic mass is 32.1. The zero-order chi connectivity index (χ0) is 38.1. The summed E-state index contributed by atoms with van der Waals surface area (Å²) < 4.78 is 12.1. The first-order valence-corrected chi connectivity index (χ1v) is 18.9. The lowest BCUT2D eigenvalue weighted by Crippen LogP contribution is -2.50. The predicted molar refractivity (Wildman–Crippen MR) is 207 cm³/mol. The number of carbonyl (C=O) groups is 3. The second-order valence-corrected chi connectivity index (χ2v) is 14.8. The highest BCUT2D eigenvalue weighted by Crippen LogP contribution is 2.46. The van der Waals surface area contributed by atoms with Gasteiger partial charge in [-0.05, 0) is 98.2 Å². The van der Waals surface area contributed by atoms with Crippen molar-refractivity contribution < 1.29 is 23.9 Å². The van der Waals surface area contributed by atoms with Crippen LogP contribution >= 0.6 is 11.3 Å². The van der Waals surface area contributed by atoms with Crippen molar-refractivity contribution in [3.63, 3.8) is 0 Å². The average Bonchev–Trinajstić information content (AvgIpc) is 3.95. The lowest BCUT2D eigenvalue weighted by atomic mass is 10.0. The number of carbonyl (C=O) groups excluding carboxylic acids is 3. The summed E-state index contributed by atoms with van der Waals surface area (Å²) >= 11 is 1.20. The molecule has 0 bridgehead atoms. The first-order valence-electron chi connectivity index (χ1n) is 18.0. The number of thiophene rings is 1. The fourth-order valence-corrected chi connectivity index (χ4v) is 7.98. The normalized spacial score (nSPS) is 16.5. The van der Waals surface area contributed by atoms with Crippen LogP contribution < -0.4 is 25.0 Å². The maximum absolute atomic E-state index is 13.9. The monoisotopic (exact) mass is 749 g/mol. The molecular formula is C42H35N7O5S. The number of likely N-dealkylation sites (tertiary alicyclic amines) is 1. The van der Waals surface area contributed by atoms with Crippen LogP contribution in [0.5, 0.6) is 17.2 Å². The predicted octanol–water partition coefficient (Wildman–Crippen LogP) is 8.11. The zero-order valence-electron chi connectivity index (χ0n) is 29.9. The number of nitrogens with one attached hydrogen (secondary N) is 2. The molecule has 13 heteroatoms. The number of nitrogens with zero attached hydrogens (tertiary/aromatic N) is 5. The van der Waals surface area contributed by atoms with Crippen molar-refractivity contribution in [1.29, 1.82) is 10.5 Å². The molecule has 4 amide bonds. The number of anilines is 3. The molecule has 2 aromatic heterocycles. The van der Waals surface area contributed by atoms with Crippen molar-refractivity contribution in [3.8, 4) is 29.4 Å². The van der Waals surface area contributed by atoms with Gasteiger partial charge in [-0.3, -0.25) is 14.5 Å². The van der Waals surface area contributed by atoms with Crippen molar-refractivity contribution in [1.82, 2.24) is 15.2 Å². The number of para-hydroxylation sites is 1. The second-order valence-electron chi connectivity index (χ2n) is 13.8. The number of aromatic nitrogens is 1. The Morgan fingerprint density at radius 3 is 2.67 bits per heavy atom. The molecule has 3 aromatic carbocycles. The van der Waals surface area contributed by atoms with Crippen LogP contribution in [0.1, 0.15) is 52.0 Å². The number of pyridine rings is 1. The average molecular weight is 750 g/mol. The molecule has 1 saturated carbocycles. The second kappa shape index (κ2) is 15.0. The summed E-state index contributed by atoms with van der Waals surface area (Å²) in [7, 11) is 0. The van der Waals surface area contributed by atoms with Crippen molar-refractivity contribution in [2.24, 2.45) is 5.92 Å². The molecule has 2 fully saturated rings. The molecule has 0 radical (unpaired) electrons. The van der Waals surface area contributed by atoms with Gasteiger partial charge in [-0.15, -0.1) is 11.3 Å². The Labute approximate surface area is 321 Å². The molecule has 5 aromatic rings. The van der Waals surface area contributed by atoms with Crippen LogP contribution in [-0.2, 0) is 11.4 Å². The Bertz CT molecular complexity index is 2480. The molecule has 4 heterocycles. The van der Waals surface area contributed by atoms with E-state index in [2.05, 4.69) is 27.8 Å². The van der Waals surface area contributed by atoms with E-state index in [1.807, 2.05) is 49.4 Å². The summed E-state index contributed by atoms with van der Waals surface area (Å²) in [5.41, 5.74) is 3.92. The van der Waals surface area contributed by atoms with Gasteiger partial charge in [0, 0.05) is 25.3 Å². The fourth-order valence-electron chi connectivity index (χ4n) is 6.96. The van der Waals surface area contributed by atoms with Crippen LogP contribution in [0.25, 0.3) is 10.2 Å². The van der Waals surface area contributed by atoms with E-state index in [4.69, 9.17) is 9.47 Å². The number of ether oxygens (including phenoxy) is 2. The molecule has 0 spiro atoms. The summed E-state index contributed by atoms with van der Waals surface area (Å²) in [6.07, 6.45) is 6.77. The largest absolute Gasteiger partial charge is 0.488 e. The number of aryl methyl sites for hydroxylation is 1. The number of urea groups is 1. The first-order chi connectivity index (χ1) is 26.8. The summed E-state index contributed by atoms with van der Waals surface area (Å²) in [5.74, 6) is 1.34. The number of nitriles is 2. The van der Waals surface area contributed by atoms with Crippen LogP contribution in [-0.4, -0.2) is 46.9 Å². The highest BCUT2D eigenvalue weighted by molar-refractivity contribution is 7.21. The van der Waals surface area contributed by atoms with Gasteiger partial charge < -0.3 is 25.0 Å². The molecular weight excluding hydrogens is 715 g/mol. The van der Waals surface area contributed by atoms with Gasteiger partial charge in [0.05, 0.1) is 28.0 Å². The Morgan fingerprint density at radius 2 is 1.87 bits per heavy atom. The molecule has 2 N–H and O–H groups in total. The summed E-state index contributed by atoms with van der Waals surface area (Å²) in [4.78, 5) is 49.4. The van der Waals surface area contributed by atoms with Crippen molar-refractivity contribution in [2.75, 3.05) is 23.3 Å². The third kappa shape index (κ3) is 7.30. The highest BCUT2D eigenvalue weighted by Gasteiger charge is 2.35. The van der Waals surface area contributed by atoms with Crippen molar-refractivity contribution in [2.45, 2.75) is 45.3 Å². The van der Waals surface area contributed by atoms with Gasteiger partial charge in [0.25, 0.3) is 11.8 Å². The van der Waals surface area contributed by atoms with E-state index in [9.17, 15) is 24.9 Å². The van der Waals surface area contributed by atoms with Crippen LogP contribution in [0.3, 0.4) is 0 Å². The number of benzene rings is 3. The quantitative estimate of drug-likeness (QED) is 0.107. The molecule has 8 rings (SSSR count). The molecule has 1 saturated heterocycles. The minimum atomic E-state index is -0.421. The van der Waals surface area contributed by atoms with E-state index in [1.54, 1.807) is 52.4 Å². The first kappa shape index (κ1) is 35.3. The lowest BCUT2D eigenvalue weighted by Gasteiger charge is -2.33.